The molecule has 0 spiro atoms. The van der Waals surface area contributed by atoms with Crippen LogP contribution in [0.2, 0.25) is 0 Å². The fraction of sp³-hybridized carbons (Fsp3) is 0.174. The summed E-state index contributed by atoms with van der Waals surface area (Å²) in [5, 5.41) is 4.82. The van der Waals surface area contributed by atoms with Crippen molar-refractivity contribution in [2.75, 3.05) is 12.4 Å². The summed E-state index contributed by atoms with van der Waals surface area (Å²) >= 11 is 0. The second-order valence-corrected chi connectivity index (χ2v) is 6.71. The van der Waals surface area contributed by atoms with Crippen LogP contribution in [0, 0.1) is 6.92 Å². The number of para-hydroxylation sites is 1. The van der Waals surface area contributed by atoms with Crippen LogP contribution in [0.15, 0.2) is 65.1 Å². The Morgan fingerprint density at radius 3 is 2.50 bits per heavy atom. The van der Waals surface area contributed by atoms with Crippen molar-refractivity contribution in [2.24, 2.45) is 0 Å². The highest BCUT2D eigenvalue weighted by molar-refractivity contribution is 6.08. The van der Waals surface area contributed by atoms with Gasteiger partial charge < -0.3 is 19.2 Å². The van der Waals surface area contributed by atoms with E-state index < -0.39 is 6.10 Å². The van der Waals surface area contributed by atoms with Gasteiger partial charge in [-0.15, -0.1) is 0 Å². The van der Waals surface area contributed by atoms with Gasteiger partial charge >= 0.3 is 0 Å². The number of hydrogen-bond acceptors (Lipinski definition) is 4. The Kier molecular flexibility index (Phi) is 4.65. The Balaban J connectivity index is 1.59. The highest BCUT2D eigenvalue weighted by Gasteiger charge is 2.19. The van der Waals surface area contributed by atoms with Gasteiger partial charge in [-0.2, -0.15) is 0 Å². The summed E-state index contributed by atoms with van der Waals surface area (Å²) in [7, 11) is 1.57. The molecule has 0 aliphatic rings. The van der Waals surface area contributed by atoms with Crippen LogP contribution in [0.1, 0.15) is 12.5 Å². The lowest BCUT2D eigenvalue weighted by Crippen LogP contribution is -2.30. The molecular formula is C23H21NO4. The Bertz CT molecular complexity index is 1140. The van der Waals surface area contributed by atoms with Gasteiger partial charge in [-0.3, -0.25) is 4.79 Å². The highest BCUT2D eigenvalue weighted by atomic mass is 16.5. The maximum Gasteiger partial charge on any atom is 0.265 e. The number of rotatable bonds is 5. The average Bonchev–Trinajstić information content (AvgIpc) is 3.06. The fourth-order valence-corrected chi connectivity index (χ4v) is 3.13. The average molecular weight is 375 g/mol. The molecule has 0 aliphatic carbocycles. The molecule has 0 aliphatic heterocycles. The Morgan fingerprint density at radius 1 is 1.00 bits per heavy atom. The number of amides is 1. The molecule has 1 heterocycles. The topological polar surface area (TPSA) is 60.7 Å². The van der Waals surface area contributed by atoms with E-state index >= 15 is 0 Å². The van der Waals surface area contributed by atoms with Crippen LogP contribution >= 0.6 is 0 Å². The molecule has 0 radical (unpaired) electrons. The molecule has 0 fully saturated rings. The van der Waals surface area contributed by atoms with Crippen molar-refractivity contribution < 1.29 is 18.7 Å². The summed E-state index contributed by atoms with van der Waals surface area (Å²) in [6, 6.07) is 19.0. The van der Waals surface area contributed by atoms with Gasteiger partial charge in [0.2, 0.25) is 0 Å². The van der Waals surface area contributed by atoms with E-state index in [9.17, 15) is 4.79 Å². The molecule has 142 valence electrons. The first-order valence-electron chi connectivity index (χ1n) is 9.08. The summed E-state index contributed by atoms with van der Waals surface area (Å²) in [5.74, 6) is 0.942. The van der Waals surface area contributed by atoms with Gasteiger partial charge in [-0.1, -0.05) is 35.9 Å². The first-order valence-corrected chi connectivity index (χ1v) is 9.08. The molecule has 1 atom stereocenters. The number of benzene rings is 3. The van der Waals surface area contributed by atoms with Crippen LogP contribution in [-0.2, 0) is 4.79 Å². The summed E-state index contributed by atoms with van der Waals surface area (Å²) in [6.45, 7) is 3.71. The van der Waals surface area contributed by atoms with Crippen LogP contribution in [0.4, 0.5) is 5.69 Å². The SMILES string of the molecule is COc1cc2c(cc1NC(=O)C(C)Oc1ccc(C)cc1)oc1ccccc12. The number of nitrogens with one attached hydrogen (secondary N) is 1. The largest absolute Gasteiger partial charge is 0.495 e. The lowest BCUT2D eigenvalue weighted by atomic mass is 10.1. The highest BCUT2D eigenvalue weighted by Crippen LogP contribution is 2.36. The number of ether oxygens (including phenoxy) is 2. The minimum Gasteiger partial charge on any atom is -0.495 e. The van der Waals surface area contributed by atoms with Crippen LogP contribution in [-0.4, -0.2) is 19.1 Å². The Labute approximate surface area is 162 Å². The first kappa shape index (κ1) is 17.9. The molecule has 0 saturated carbocycles. The molecule has 5 heteroatoms. The minimum atomic E-state index is -0.668. The van der Waals surface area contributed by atoms with E-state index in [0.29, 0.717) is 22.8 Å². The summed E-state index contributed by atoms with van der Waals surface area (Å²) in [4.78, 5) is 12.6. The van der Waals surface area contributed by atoms with Crippen molar-refractivity contribution in [3.63, 3.8) is 0 Å². The quantitative estimate of drug-likeness (QED) is 0.514. The monoisotopic (exact) mass is 375 g/mol. The normalized spacial score (nSPS) is 12.1. The van der Waals surface area contributed by atoms with Crippen LogP contribution in [0.25, 0.3) is 21.9 Å². The second kappa shape index (κ2) is 7.27. The van der Waals surface area contributed by atoms with E-state index in [0.717, 1.165) is 21.9 Å². The van der Waals surface area contributed by atoms with Crippen molar-refractivity contribution in [3.05, 3.63) is 66.2 Å². The van der Waals surface area contributed by atoms with Crippen LogP contribution < -0.4 is 14.8 Å². The molecule has 4 aromatic rings. The molecule has 28 heavy (non-hydrogen) atoms. The van der Waals surface area contributed by atoms with Gasteiger partial charge in [-0.25, -0.2) is 0 Å². The maximum atomic E-state index is 12.6. The number of carbonyl (C=O) groups is 1. The Morgan fingerprint density at radius 2 is 1.75 bits per heavy atom. The lowest BCUT2D eigenvalue weighted by Gasteiger charge is -2.16. The number of anilines is 1. The maximum absolute atomic E-state index is 12.6. The van der Waals surface area contributed by atoms with Gasteiger partial charge in [-0.05, 0) is 38.1 Å². The van der Waals surface area contributed by atoms with Crippen LogP contribution in [0.3, 0.4) is 0 Å². The minimum absolute atomic E-state index is 0.269. The number of aryl methyl sites for hydroxylation is 1. The molecule has 1 aromatic heterocycles. The number of carbonyl (C=O) groups excluding carboxylic acids is 1. The second-order valence-electron chi connectivity index (χ2n) is 6.71. The number of furan rings is 1. The van der Waals surface area contributed by atoms with Crippen molar-refractivity contribution in [1.82, 2.24) is 0 Å². The molecule has 5 nitrogen and oxygen atoms in total. The summed E-state index contributed by atoms with van der Waals surface area (Å²) < 4.78 is 17.1. The molecule has 1 unspecified atom stereocenters. The van der Waals surface area contributed by atoms with E-state index in [2.05, 4.69) is 5.32 Å². The molecule has 1 amide bonds. The third kappa shape index (κ3) is 3.39. The van der Waals surface area contributed by atoms with Crippen molar-refractivity contribution in [3.8, 4) is 11.5 Å². The lowest BCUT2D eigenvalue weighted by molar-refractivity contribution is -0.122. The van der Waals surface area contributed by atoms with E-state index in [1.165, 1.54) is 0 Å². The van der Waals surface area contributed by atoms with Gasteiger partial charge in [0.25, 0.3) is 5.91 Å². The van der Waals surface area contributed by atoms with E-state index in [1.54, 1.807) is 20.1 Å². The molecule has 1 N–H and O–H groups in total. The molecule has 4 rings (SSSR count). The zero-order valence-electron chi connectivity index (χ0n) is 16.0. The van der Waals surface area contributed by atoms with Gasteiger partial charge in [0.1, 0.15) is 22.7 Å². The predicted molar refractivity (Wildman–Crippen MR) is 110 cm³/mol. The summed E-state index contributed by atoms with van der Waals surface area (Å²) in [5.41, 5.74) is 3.15. The zero-order chi connectivity index (χ0) is 19.7. The molecule has 0 bridgehead atoms. The van der Waals surface area contributed by atoms with Gasteiger partial charge in [0, 0.05) is 16.8 Å². The predicted octanol–water partition coefficient (Wildman–Crippen LogP) is 5.31. The Hall–Kier alpha value is -3.47. The standard InChI is InChI=1S/C23H21NO4/c1-14-8-10-16(11-9-14)27-15(2)23(25)24-19-13-21-18(12-22(19)26-3)17-6-4-5-7-20(17)28-21/h4-13,15H,1-3H3,(H,24,25). The fourth-order valence-electron chi connectivity index (χ4n) is 3.13. The van der Waals surface area contributed by atoms with E-state index in [4.69, 9.17) is 13.9 Å². The van der Waals surface area contributed by atoms with Gasteiger partial charge in [0.15, 0.2) is 6.10 Å². The first-order chi connectivity index (χ1) is 13.5. The third-order valence-electron chi connectivity index (χ3n) is 4.66. The van der Waals surface area contributed by atoms with E-state index in [-0.39, 0.29) is 5.91 Å². The number of fused-ring (bicyclic) bond motifs is 3. The molecule has 0 saturated heterocycles. The van der Waals surface area contributed by atoms with Crippen molar-refractivity contribution >= 4 is 33.5 Å². The van der Waals surface area contributed by atoms with Gasteiger partial charge in [0.05, 0.1) is 12.8 Å². The molecular weight excluding hydrogens is 354 g/mol. The van der Waals surface area contributed by atoms with Crippen LogP contribution in [0.5, 0.6) is 11.5 Å². The zero-order valence-corrected chi connectivity index (χ0v) is 16.0. The molecule has 3 aromatic carbocycles. The van der Waals surface area contributed by atoms with Crippen molar-refractivity contribution in [1.29, 1.82) is 0 Å². The van der Waals surface area contributed by atoms with E-state index in [1.807, 2.05) is 61.5 Å². The summed E-state index contributed by atoms with van der Waals surface area (Å²) in [6.07, 6.45) is -0.668. The number of hydrogen-bond donors (Lipinski definition) is 1. The third-order valence-corrected chi connectivity index (χ3v) is 4.66. The smallest absolute Gasteiger partial charge is 0.265 e. The number of methoxy groups -OCH3 is 1. The van der Waals surface area contributed by atoms with Crippen molar-refractivity contribution in [2.45, 2.75) is 20.0 Å².